The Balaban J connectivity index is 1.45. The maximum absolute atomic E-state index is 12.5. The normalized spacial score (nSPS) is 28.4. The number of rotatable bonds is 14. The second kappa shape index (κ2) is 13.3. The van der Waals surface area contributed by atoms with Gasteiger partial charge in [0.2, 0.25) is 0 Å². The molecule has 2 fully saturated rings. The summed E-state index contributed by atoms with van der Waals surface area (Å²) in [6.45, 7) is 1.09. The van der Waals surface area contributed by atoms with Crippen LogP contribution in [-0.4, -0.2) is 61.6 Å². The molecule has 16 nitrogen and oxygen atoms in total. The van der Waals surface area contributed by atoms with Gasteiger partial charge < -0.3 is 28.9 Å². The van der Waals surface area contributed by atoms with E-state index in [-0.39, 0.29) is 6.42 Å². The lowest BCUT2D eigenvalue weighted by atomic mass is 10.1. The highest BCUT2D eigenvalue weighted by atomic mass is 31.3. The summed E-state index contributed by atoms with van der Waals surface area (Å²) in [5.74, 6) is 0. The zero-order valence-corrected chi connectivity index (χ0v) is 24.5. The molecule has 1 aromatic heterocycles. The van der Waals surface area contributed by atoms with E-state index in [0.717, 1.165) is 16.2 Å². The molecule has 0 saturated carbocycles. The summed E-state index contributed by atoms with van der Waals surface area (Å²) in [6, 6.07) is 10.3. The first-order chi connectivity index (χ1) is 19.3. The van der Waals surface area contributed by atoms with E-state index in [0.29, 0.717) is 19.3 Å². The molecule has 0 amide bonds. The van der Waals surface area contributed by atoms with Gasteiger partial charge in [0.1, 0.15) is 18.3 Å². The first-order valence-corrected chi connectivity index (χ1v) is 17.4. The van der Waals surface area contributed by atoms with Crippen LogP contribution in [0.1, 0.15) is 38.0 Å². The van der Waals surface area contributed by atoms with Crippen molar-refractivity contribution >= 4 is 23.2 Å². The molecule has 8 atom stereocenters. The van der Waals surface area contributed by atoms with Crippen LogP contribution in [0.3, 0.4) is 0 Å². The van der Waals surface area contributed by atoms with Gasteiger partial charge in [0.05, 0.1) is 12.8 Å². The average Bonchev–Trinajstić information content (AvgIpc) is 3.41. The van der Waals surface area contributed by atoms with E-state index in [1.165, 1.54) is 6.20 Å². The molecule has 4 N–H and O–H groups in total. The van der Waals surface area contributed by atoms with E-state index in [2.05, 4.69) is 13.6 Å². The van der Waals surface area contributed by atoms with Gasteiger partial charge in [-0.25, -0.2) is 18.2 Å². The predicted octanol–water partition coefficient (Wildman–Crippen LogP) is 2.41. The Bertz CT molecular complexity index is 1450. The van der Waals surface area contributed by atoms with Crippen molar-refractivity contribution in [1.29, 1.82) is 0 Å². The lowest BCUT2D eigenvalue weighted by Gasteiger charge is -2.22. The van der Waals surface area contributed by atoms with Crippen molar-refractivity contribution in [3.63, 3.8) is 0 Å². The summed E-state index contributed by atoms with van der Waals surface area (Å²) < 4.78 is 68.9. The number of nitrogens with one attached hydrogen (secondary N) is 1. The zero-order chi connectivity index (χ0) is 29.8. The molecule has 228 valence electrons. The number of aromatic amines is 1. The van der Waals surface area contributed by atoms with Crippen LogP contribution in [0.4, 0.5) is 0 Å². The molecule has 4 rings (SSSR count). The van der Waals surface area contributed by atoms with Gasteiger partial charge in [-0.1, -0.05) is 50.1 Å². The summed E-state index contributed by atoms with van der Waals surface area (Å²) in [6.07, 6.45) is -2.45. The molecule has 1 aromatic carbocycles. The van der Waals surface area contributed by atoms with Gasteiger partial charge in [-0.05, 0) is 12.0 Å². The first-order valence-electron chi connectivity index (χ1n) is 12.6. The lowest BCUT2D eigenvalue weighted by Crippen LogP contribution is -2.36. The number of hydrogen-bond donors (Lipinski definition) is 4. The molecular weight excluding hydrogens is 609 g/mol. The zero-order valence-electron chi connectivity index (χ0n) is 21.8. The average molecular weight is 640 g/mol. The second-order valence-electron chi connectivity index (χ2n) is 9.37. The van der Waals surface area contributed by atoms with Crippen LogP contribution in [0.2, 0.25) is 0 Å². The minimum absolute atomic E-state index is 0.214. The lowest BCUT2D eigenvalue weighted by molar-refractivity contribution is -0.150. The fourth-order valence-electron chi connectivity index (χ4n) is 4.39. The Morgan fingerprint density at radius 2 is 1.63 bits per heavy atom. The SMILES string of the molecule is CCCCCP(=O)(O)OP(=O)(O)OP(=O)(O)OC[C@H]1O[C@@H](n2ccc(=O)[nH]c2=O)[C@H]2OC(Cc3ccccc3)O[C@H]21. The predicted molar refractivity (Wildman–Crippen MR) is 141 cm³/mol. The van der Waals surface area contributed by atoms with Crippen LogP contribution in [0, 0.1) is 0 Å². The van der Waals surface area contributed by atoms with E-state index in [4.69, 9.17) is 18.7 Å². The van der Waals surface area contributed by atoms with Crippen molar-refractivity contribution in [2.75, 3.05) is 12.8 Å². The molecule has 3 heterocycles. The van der Waals surface area contributed by atoms with Gasteiger partial charge in [0, 0.05) is 18.7 Å². The molecule has 2 aliphatic heterocycles. The Kier molecular flexibility index (Phi) is 10.4. The number of phosphoric acid groups is 2. The summed E-state index contributed by atoms with van der Waals surface area (Å²) in [5.41, 5.74) is -0.565. The molecule has 19 heteroatoms. The standard InChI is InChI=1S/C22H31N2O14P3/c1-2-3-7-12-39(27,28)37-41(31,32)38-40(29,30)33-14-16-19-20(21(34-16)24-11-10-17(25)23-22(24)26)36-18(35-19)13-15-8-5-4-6-9-15/h4-6,8-11,16,18-21H,2-3,7,12-14H2,1H3,(H,27,28)(H,29,30)(H,31,32)(H,23,25,26)/t16-,18?,19+,20+,21-/m1/s1. The van der Waals surface area contributed by atoms with Gasteiger partial charge in [-0.3, -0.25) is 23.4 Å². The van der Waals surface area contributed by atoms with Crippen molar-refractivity contribution in [2.24, 2.45) is 0 Å². The largest absolute Gasteiger partial charge is 0.488 e. The number of nitrogens with zero attached hydrogens (tertiary/aromatic N) is 1. The highest BCUT2D eigenvalue weighted by Crippen LogP contribution is 2.67. The smallest absolute Gasteiger partial charge is 0.346 e. The van der Waals surface area contributed by atoms with Crippen LogP contribution in [-0.2, 0) is 47.5 Å². The number of fused-ring (bicyclic) bond motifs is 1. The maximum atomic E-state index is 12.5. The summed E-state index contributed by atoms with van der Waals surface area (Å²) in [4.78, 5) is 55.8. The van der Waals surface area contributed by atoms with E-state index in [9.17, 15) is 38.0 Å². The van der Waals surface area contributed by atoms with Crippen LogP contribution >= 0.6 is 23.2 Å². The quantitative estimate of drug-likeness (QED) is 0.172. The molecule has 0 aliphatic carbocycles. The topological polar surface area (TPSA) is 222 Å². The Morgan fingerprint density at radius 1 is 0.927 bits per heavy atom. The van der Waals surface area contributed by atoms with E-state index in [1.54, 1.807) is 0 Å². The van der Waals surface area contributed by atoms with Crippen LogP contribution in [0.25, 0.3) is 0 Å². The molecule has 2 aromatic rings. The fraction of sp³-hybridized carbons (Fsp3) is 0.545. The van der Waals surface area contributed by atoms with Crippen molar-refractivity contribution in [3.05, 3.63) is 69.0 Å². The van der Waals surface area contributed by atoms with E-state index < -0.39 is 78.1 Å². The van der Waals surface area contributed by atoms with Crippen molar-refractivity contribution in [2.45, 2.75) is 63.4 Å². The summed E-state index contributed by atoms with van der Waals surface area (Å²) >= 11 is 0. The molecular formula is C22H31N2O14P3. The third-order valence-corrected chi connectivity index (χ3v) is 11.0. The minimum atomic E-state index is -5.51. The van der Waals surface area contributed by atoms with Gasteiger partial charge >= 0.3 is 28.9 Å². The van der Waals surface area contributed by atoms with Gasteiger partial charge in [0.15, 0.2) is 12.5 Å². The fourth-order valence-corrected chi connectivity index (χ4v) is 8.58. The van der Waals surface area contributed by atoms with Crippen LogP contribution in [0.15, 0.2) is 52.2 Å². The second-order valence-corrected chi connectivity index (χ2v) is 14.5. The molecule has 41 heavy (non-hydrogen) atoms. The van der Waals surface area contributed by atoms with Crippen molar-refractivity contribution in [3.8, 4) is 0 Å². The van der Waals surface area contributed by atoms with Gasteiger partial charge in [-0.15, -0.1) is 0 Å². The third-order valence-electron chi connectivity index (χ3n) is 6.16. The minimum Gasteiger partial charge on any atom is -0.346 e. The number of aromatic nitrogens is 2. The molecule has 2 saturated heterocycles. The number of hydrogen-bond acceptors (Lipinski definition) is 11. The molecule has 0 radical (unpaired) electrons. The van der Waals surface area contributed by atoms with Crippen LogP contribution < -0.4 is 11.2 Å². The number of H-pyrrole nitrogens is 1. The third kappa shape index (κ3) is 8.87. The highest BCUT2D eigenvalue weighted by Gasteiger charge is 2.54. The van der Waals surface area contributed by atoms with E-state index >= 15 is 0 Å². The number of phosphoric ester groups is 1. The summed E-state index contributed by atoms with van der Waals surface area (Å²) in [7, 11) is -15.5. The van der Waals surface area contributed by atoms with Crippen LogP contribution in [0.5, 0.6) is 0 Å². The Labute approximate surface area is 233 Å². The molecule has 0 bridgehead atoms. The van der Waals surface area contributed by atoms with Crippen molar-refractivity contribution in [1.82, 2.24) is 9.55 Å². The van der Waals surface area contributed by atoms with Crippen molar-refractivity contribution < 1.29 is 55.7 Å². The number of benzene rings is 1. The molecule has 0 spiro atoms. The first kappa shape index (κ1) is 32.2. The monoisotopic (exact) mass is 640 g/mol. The van der Waals surface area contributed by atoms with Gasteiger partial charge in [-0.2, -0.15) is 4.31 Å². The maximum Gasteiger partial charge on any atom is 0.488 e. The van der Waals surface area contributed by atoms with Gasteiger partial charge in [0.25, 0.3) is 5.56 Å². The summed E-state index contributed by atoms with van der Waals surface area (Å²) in [5, 5.41) is 0. The molecule has 2 aliphatic rings. The van der Waals surface area contributed by atoms with E-state index in [1.807, 2.05) is 37.3 Å². The number of unbranched alkanes of at least 4 members (excludes halogenated alkanes) is 2. The molecule has 4 unspecified atom stereocenters. The Hall–Kier alpha value is -1.77. The highest BCUT2D eigenvalue weighted by molar-refractivity contribution is 7.68. The number of ether oxygens (including phenoxy) is 3. The Morgan fingerprint density at radius 3 is 2.32 bits per heavy atom.